The Balaban J connectivity index is 1.64. The van der Waals surface area contributed by atoms with Crippen LogP contribution in [0.5, 0.6) is 0 Å². The van der Waals surface area contributed by atoms with E-state index in [1.807, 2.05) is 35.2 Å². The van der Waals surface area contributed by atoms with Gasteiger partial charge < -0.3 is 14.8 Å². The molecular weight excluding hydrogens is 366 g/mol. The molecule has 0 radical (unpaired) electrons. The first-order valence-electron chi connectivity index (χ1n) is 10.4. The molecule has 0 atom stereocenters. The Morgan fingerprint density at radius 3 is 2.41 bits per heavy atom. The van der Waals surface area contributed by atoms with Crippen LogP contribution in [0, 0.1) is 0 Å². The van der Waals surface area contributed by atoms with Gasteiger partial charge in [0.05, 0.1) is 5.56 Å². The Morgan fingerprint density at radius 1 is 1.03 bits per heavy atom. The lowest BCUT2D eigenvalue weighted by Gasteiger charge is -2.21. The molecule has 1 aromatic heterocycles. The molecule has 1 N–H and O–H groups in total. The van der Waals surface area contributed by atoms with Crippen LogP contribution < -0.4 is 10.9 Å². The fourth-order valence-corrected chi connectivity index (χ4v) is 3.69. The smallest absolute Gasteiger partial charge is 0.274 e. The van der Waals surface area contributed by atoms with Gasteiger partial charge in [-0.25, -0.2) is 0 Å². The maximum atomic E-state index is 12.9. The number of amides is 2. The minimum absolute atomic E-state index is 0.0814. The standard InChI is InChI=1S/C23H29N3O3/c1-25-17-19(22(28)26-14-7-2-3-8-15-26)16-20(23(25)29)24-21(27)13-9-12-18-10-5-4-6-11-18/h4-6,10-11,16-17H,2-3,7-9,12-15H2,1H3,(H,24,27). The molecule has 3 rings (SSSR count). The molecule has 1 fully saturated rings. The summed E-state index contributed by atoms with van der Waals surface area (Å²) in [6.45, 7) is 1.48. The van der Waals surface area contributed by atoms with Crippen LogP contribution in [0.1, 0.15) is 54.4 Å². The van der Waals surface area contributed by atoms with Gasteiger partial charge in [-0.3, -0.25) is 14.4 Å². The van der Waals surface area contributed by atoms with Crippen LogP contribution in [0.15, 0.2) is 47.4 Å². The van der Waals surface area contributed by atoms with Crippen molar-refractivity contribution in [2.24, 2.45) is 7.05 Å². The summed E-state index contributed by atoms with van der Waals surface area (Å²) in [5.41, 5.74) is 1.47. The second kappa shape index (κ2) is 10.0. The van der Waals surface area contributed by atoms with E-state index >= 15 is 0 Å². The van der Waals surface area contributed by atoms with E-state index < -0.39 is 0 Å². The number of nitrogens with zero attached hydrogens (tertiary/aromatic N) is 2. The van der Waals surface area contributed by atoms with E-state index in [0.29, 0.717) is 18.4 Å². The molecule has 0 spiro atoms. The molecule has 0 aliphatic carbocycles. The summed E-state index contributed by atoms with van der Waals surface area (Å²) in [6.07, 6.45) is 7.67. The minimum atomic E-state index is -0.311. The summed E-state index contributed by atoms with van der Waals surface area (Å²) in [5.74, 6) is -0.292. The maximum Gasteiger partial charge on any atom is 0.274 e. The van der Waals surface area contributed by atoms with Crippen LogP contribution in [-0.2, 0) is 18.3 Å². The quantitative estimate of drug-likeness (QED) is 0.815. The molecule has 2 aromatic rings. The summed E-state index contributed by atoms with van der Waals surface area (Å²) < 4.78 is 1.37. The normalized spacial score (nSPS) is 14.3. The fraction of sp³-hybridized carbons (Fsp3) is 0.435. The molecular formula is C23H29N3O3. The lowest BCUT2D eigenvalue weighted by atomic mass is 10.1. The van der Waals surface area contributed by atoms with Crippen LogP contribution >= 0.6 is 0 Å². The Kier molecular flexibility index (Phi) is 7.22. The molecule has 6 nitrogen and oxygen atoms in total. The molecule has 1 aliphatic heterocycles. The van der Waals surface area contributed by atoms with E-state index in [2.05, 4.69) is 5.32 Å². The third-order valence-corrected chi connectivity index (χ3v) is 5.31. The Labute approximate surface area is 171 Å². The molecule has 1 saturated heterocycles. The molecule has 1 aliphatic rings. The average molecular weight is 396 g/mol. The molecule has 154 valence electrons. The number of pyridine rings is 1. The first-order chi connectivity index (χ1) is 14.0. The van der Waals surface area contributed by atoms with E-state index in [0.717, 1.165) is 45.2 Å². The molecule has 2 amide bonds. The van der Waals surface area contributed by atoms with Crippen molar-refractivity contribution in [3.05, 3.63) is 64.1 Å². The second-order valence-corrected chi connectivity index (χ2v) is 7.65. The number of likely N-dealkylation sites (tertiary alicyclic amines) is 1. The molecule has 2 heterocycles. The Hall–Kier alpha value is -2.89. The number of rotatable bonds is 6. The van der Waals surface area contributed by atoms with Gasteiger partial charge in [-0.05, 0) is 37.3 Å². The van der Waals surface area contributed by atoms with Crippen LogP contribution in [0.2, 0.25) is 0 Å². The van der Waals surface area contributed by atoms with Gasteiger partial charge >= 0.3 is 0 Å². The molecule has 0 saturated carbocycles. The number of hydrogen-bond donors (Lipinski definition) is 1. The van der Waals surface area contributed by atoms with Crippen LogP contribution in [0.3, 0.4) is 0 Å². The zero-order chi connectivity index (χ0) is 20.6. The Bertz CT molecular complexity index is 897. The minimum Gasteiger partial charge on any atom is -0.339 e. The van der Waals surface area contributed by atoms with Crippen LogP contribution in [0.4, 0.5) is 5.69 Å². The van der Waals surface area contributed by atoms with Crippen LogP contribution in [-0.4, -0.2) is 34.4 Å². The highest BCUT2D eigenvalue weighted by Crippen LogP contribution is 2.15. The van der Waals surface area contributed by atoms with Gasteiger partial charge in [0.1, 0.15) is 5.69 Å². The molecule has 0 unspecified atom stereocenters. The van der Waals surface area contributed by atoms with Crippen molar-refractivity contribution in [3.63, 3.8) is 0 Å². The topological polar surface area (TPSA) is 71.4 Å². The van der Waals surface area contributed by atoms with Crippen molar-refractivity contribution >= 4 is 17.5 Å². The molecule has 0 bridgehead atoms. The first kappa shape index (κ1) is 20.8. The van der Waals surface area contributed by atoms with E-state index in [1.54, 1.807) is 13.2 Å². The number of nitrogens with one attached hydrogen (secondary N) is 1. The SMILES string of the molecule is Cn1cc(C(=O)N2CCCCCC2)cc(NC(=O)CCCc2ccccc2)c1=O. The lowest BCUT2D eigenvalue weighted by Crippen LogP contribution is -2.33. The van der Waals surface area contributed by atoms with Crippen molar-refractivity contribution in [2.75, 3.05) is 18.4 Å². The maximum absolute atomic E-state index is 12.9. The number of hydrogen-bond acceptors (Lipinski definition) is 3. The van der Waals surface area contributed by atoms with Crippen molar-refractivity contribution in [1.29, 1.82) is 0 Å². The highest BCUT2D eigenvalue weighted by atomic mass is 16.2. The van der Waals surface area contributed by atoms with E-state index in [-0.39, 0.29) is 23.1 Å². The van der Waals surface area contributed by atoms with E-state index in [4.69, 9.17) is 0 Å². The van der Waals surface area contributed by atoms with Gasteiger partial charge in [0.2, 0.25) is 5.91 Å². The number of carbonyl (C=O) groups is 2. The number of carbonyl (C=O) groups excluding carboxylic acids is 2. The van der Waals surface area contributed by atoms with Gasteiger partial charge in [-0.1, -0.05) is 43.2 Å². The number of aromatic nitrogens is 1. The summed E-state index contributed by atoms with van der Waals surface area (Å²) >= 11 is 0. The van der Waals surface area contributed by atoms with Gasteiger partial charge in [-0.15, -0.1) is 0 Å². The predicted octanol–water partition coefficient (Wildman–Crippen LogP) is 3.36. The fourth-order valence-electron chi connectivity index (χ4n) is 3.69. The van der Waals surface area contributed by atoms with Crippen molar-refractivity contribution in [3.8, 4) is 0 Å². The Morgan fingerprint density at radius 2 is 1.72 bits per heavy atom. The van der Waals surface area contributed by atoms with Gasteiger partial charge in [-0.2, -0.15) is 0 Å². The average Bonchev–Trinajstić information content (AvgIpc) is 3.01. The molecule has 29 heavy (non-hydrogen) atoms. The number of benzene rings is 1. The lowest BCUT2D eigenvalue weighted by molar-refractivity contribution is -0.116. The third kappa shape index (κ3) is 5.79. The molecule has 6 heteroatoms. The zero-order valence-electron chi connectivity index (χ0n) is 17.0. The van der Waals surface area contributed by atoms with Crippen LogP contribution in [0.25, 0.3) is 0 Å². The summed E-state index contributed by atoms with van der Waals surface area (Å²) in [7, 11) is 1.60. The summed E-state index contributed by atoms with van der Waals surface area (Å²) in [6, 6.07) is 11.5. The first-order valence-corrected chi connectivity index (χ1v) is 10.4. The van der Waals surface area contributed by atoms with E-state index in [9.17, 15) is 14.4 Å². The number of anilines is 1. The van der Waals surface area contributed by atoms with Crippen molar-refractivity contribution in [2.45, 2.75) is 44.9 Å². The summed E-state index contributed by atoms with van der Waals surface area (Å²) in [4.78, 5) is 39.5. The van der Waals surface area contributed by atoms with Crippen molar-refractivity contribution in [1.82, 2.24) is 9.47 Å². The van der Waals surface area contributed by atoms with Gasteiger partial charge in [0.15, 0.2) is 0 Å². The molecule has 1 aromatic carbocycles. The summed E-state index contributed by atoms with van der Waals surface area (Å²) in [5, 5.41) is 2.70. The van der Waals surface area contributed by atoms with Crippen molar-refractivity contribution < 1.29 is 9.59 Å². The van der Waals surface area contributed by atoms with Gasteiger partial charge in [0.25, 0.3) is 11.5 Å². The van der Waals surface area contributed by atoms with Gasteiger partial charge in [0, 0.05) is 32.8 Å². The van der Waals surface area contributed by atoms with E-state index in [1.165, 1.54) is 16.2 Å². The number of aryl methyl sites for hydroxylation is 2. The highest BCUT2D eigenvalue weighted by Gasteiger charge is 2.19. The highest BCUT2D eigenvalue weighted by molar-refractivity contribution is 5.96. The third-order valence-electron chi connectivity index (χ3n) is 5.31. The monoisotopic (exact) mass is 395 g/mol. The zero-order valence-corrected chi connectivity index (χ0v) is 17.0. The predicted molar refractivity (Wildman–Crippen MR) is 114 cm³/mol. The largest absolute Gasteiger partial charge is 0.339 e. The second-order valence-electron chi connectivity index (χ2n) is 7.65.